The van der Waals surface area contributed by atoms with Crippen LogP contribution in [0.4, 0.5) is 5.69 Å². The molecule has 3 aromatic rings. The van der Waals surface area contributed by atoms with Gasteiger partial charge in [-0.15, -0.1) is 0 Å². The summed E-state index contributed by atoms with van der Waals surface area (Å²) in [5, 5.41) is 2.26. The highest BCUT2D eigenvalue weighted by Crippen LogP contribution is 2.35. The first-order valence-corrected chi connectivity index (χ1v) is 8.74. The zero-order chi connectivity index (χ0) is 18.1. The monoisotopic (exact) mass is 345 g/mol. The van der Waals surface area contributed by atoms with E-state index in [-0.39, 0.29) is 18.3 Å². The summed E-state index contributed by atoms with van der Waals surface area (Å²) in [5.74, 6) is 0.583. The predicted octanol–water partition coefficient (Wildman–Crippen LogP) is 4.36. The molecule has 0 spiro atoms. The minimum absolute atomic E-state index is 0.0127. The Morgan fingerprint density at radius 1 is 1.08 bits per heavy atom. The molecule has 4 nitrogen and oxygen atoms in total. The van der Waals surface area contributed by atoms with Gasteiger partial charge in [0.15, 0.2) is 12.4 Å². The second-order valence-electron chi connectivity index (χ2n) is 6.37. The van der Waals surface area contributed by atoms with E-state index in [0.717, 1.165) is 16.3 Å². The van der Waals surface area contributed by atoms with Crippen molar-refractivity contribution in [2.75, 3.05) is 11.5 Å². The molecule has 1 heterocycles. The SMILES string of the molecule is CCC(=O)c1ccc2c(c1)N(Cc1cccc3ccccc13)C(=O)CO2. The lowest BCUT2D eigenvalue weighted by Gasteiger charge is -2.30. The van der Waals surface area contributed by atoms with Gasteiger partial charge in [0.1, 0.15) is 5.75 Å². The molecule has 130 valence electrons. The van der Waals surface area contributed by atoms with Gasteiger partial charge in [-0.25, -0.2) is 0 Å². The highest BCUT2D eigenvalue weighted by molar-refractivity contribution is 6.02. The summed E-state index contributed by atoms with van der Waals surface area (Å²) in [5.41, 5.74) is 2.33. The van der Waals surface area contributed by atoms with Gasteiger partial charge in [-0.3, -0.25) is 9.59 Å². The van der Waals surface area contributed by atoms with E-state index in [1.54, 1.807) is 23.1 Å². The first-order valence-electron chi connectivity index (χ1n) is 8.74. The van der Waals surface area contributed by atoms with Crippen LogP contribution in [0.5, 0.6) is 5.75 Å². The van der Waals surface area contributed by atoms with Gasteiger partial charge in [0.2, 0.25) is 0 Å². The van der Waals surface area contributed by atoms with Crippen molar-refractivity contribution in [3.63, 3.8) is 0 Å². The molecule has 0 aromatic heterocycles. The normalized spacial score (nSPS) is 13.4. The molecule has 3 aromatic carbocycles. The Kier molecular flexibility index (Phi) is 4.17. The van der Waals surface area contributed by atoms with Crippen LogP contribution in [-0.2, 0) is 11.3 Å². The fraction of sp³-hybridized carbons (Fsp3) is 0.182. The topological polar surface area (TPSA) is 46.6 Å². The molecule has 0 N–H and O–H groups in total. The fourth-order valence-corrected chi connectivity index (χ4v) is 3.35. The van der Waals surface area contributed by atoms with E-state index in [4.69, 9.17) is 4.74 Å². The maximum atomic E-state index is 12.6. The van der Waals surface area contributed by atoms with Gasteiger partial charge in [0.05, 0.1) is 12.2 Å². The van der Waals surface area contributed by atoms with Crippen LogP contribution in [0.2, 0.25) is 0 Å². The van der Waals surface area contributed by atoms with Gasteiger partial charge in [-0.2, -0.15) is 0 Å². The van der Waals surface area contributed by atoms with Crippen LogP contribution >= 0.6 is 0 Å². The minimum atomic E-state index is -0.105. The Labute approximate surface area is 152 Å². The number of hydrogen-bond donors (Lipinski definition) is 0. The number of benzene rings is 3. The van der Waals surface area contributed by atoms with Gasteiger partial charge in [0.25, 0.3) is 5.91 Å². The van der Waals surface area contributed by atoms with Gasteiger partial charge < -0.3 is 9.64 Å². The van der Waals surface area contributed by atoms with E-state index in [1.165, 1.54) is 0 Å². The van der Waals surface area contributed by atoms with E-state index in [2.05, 4.69) is 18.2 Å². The van der Waals surface area contributed by atoms with Crippen LogP contribution in [0.25, 0.3) is 10.8 Å². The van der Waals surface area contributed by atoms with Crippen LogP contribution in [-0.4, -0.2) is 18.3 Å². The third-order valence-electron chi connectivity index (χ3n) is 4.75. The molecule has 4 heteroatoms. The van der Waals surface area contributed by atoms with Crippen LogP contribution in [0.3, 0.4) is 0 Å². The molecule has 1 amide bonds. The van der Waals surface area contributed by atoms with Crippen LogP contribution in [0.1, 0.15) is 29.3 Å². The van der Waals surface area contributed by atoms with Gasteiger partial charge in [-0.05, 0) is 34.5 Å². The molecule has 4 rings (SSSR count). The highest BCUT2D eigenvalue weighted by atomic mass is 16.5. The molecule has 1 aliphatic rings. The summed E-state index contributed by atoms with van der Waals surface area (Å²) in [6.45, 7) is 2.29. The smallest absolute Gasteiger partial charge is 0.265 e. The zero-order valence-electron chi connectivity index (χ0n) is 14.6. The summed E-state index contributed by atoms with van der Waals surface area (Å²) >= 11 is 0. The van der Waals surface area contributed by atoms with Crippen molar-refractivity contribution in [1.29, 1.82) is 0 Å². The molecule has 0 saturated carbocycles. The summed E-state index contributed by atoms with van der Waals surface area (Å²) in [6.07, 6.45) is 0.427. The van der Waals surface area contributed by atoms with E-state index >= 15 is 0 Å². The fourth-order valence-electron chi connectivity index (χ4n) is 3.35. The number of hydrogen-bond acceptors (Lipinski definition) is 3. The summed E-state index contributed by atoms with van der Waals surface area (Å²) in [4.78, 5) is 26.4. The summed E-state index contributed by atoms with van der Waals surface area (Å²) < 4.78 is 5.56. The average Bonchev–Trinajstić information content (AvgIpc) is 2.69. The molecule has 0 bridgehead atoms. The number of Topliss-reactive ketones (excluding diaryl/α,β-unsaturated/α-hetero) is 1. The molecule has 1 aliphatic heterocycles. The standard InChI is InChI=1S/C22H19NO3/c1-2-20(24)16-10-11-21-19(12-16)23(22(25)14-26-21)13-17-8-5-7-15-6-3-4-9-18(15)17/h3-12H,2,13-14H2,1H3. The Morgan fingerprint density at radius 2 is 1.88 bits per heavy atom. The van der Waals surface area contributed by atoms with Gasteiger partial charge >= 0.3 is 0 Å². The Bertz CT molecular complexity index is 1000. The molecular formula is C22H19NO3. The van der Waals surface area contributed by atoms with Crippen molar-refractivity contribution in [2.45, 2.75) is 19.9 Å². The second-order valence-corrected chi connectivity index (χ2v) is 6.37. The minimum Gasteiger partial charge on any atom is -0.482 e. The van der Waals surface area contributed by atoms with Crippen LogP contribution in [0, 0.1) is 0 Å². The maximum absolute atomic E-state index is 12.6. The number of carbonyl (C=O) groups is 2. The van der Waals surface area contributed by atoms with Gasteiger partial charge in [0, 0.05) is 12.0 Å². The molecular weight excluding hydrogens is 326 g/mol. The number of anilines is 1. The number of fused-ring (bicyclic) bond motifs is 2. The predicted molar refractivity (Wildman–Crippen MR) is 102 cm³/mol. The van der Waals surface area contributed by atoms with Crippen molar-refractivity contribution in [2.24, 2.45) is 0 Å². The van der Waals surface area contributed by atoms with E-state index < -0.39 is 0 Å². The molecule has 26 heavy (non-hydrogen) atoms. The number of carbonyl (C=O) groups excluding carboxylic acids is 2. The molecule has 0 saturated heterocycles. The van der Waals surface area contributed by atoms with E-state index in [9.17, 15) is 9.59 Å². The van der Waals surface area contributed by atoms with Crippen molar-refractivity contribution in [3.05, 3.63) is 71.8 Å². The van der Waals surface area contributed by atoms with E-state index in [1.807, 2.05) is 31.2 Å². The van der Waals surface area contributed by atoms with Crippen molar-refractivity contribution in [3.8, 4) is 5.75 Å². The number of ether oxygens (including phenoxy) is 1. The lowest BCUT2D eigenvalue weighted by atomic mass is 10.0. The molecule has 0 fully saturated rings. The number of rotatable bonds is 4. The summed E-state index contributed by atoms with van der Waals surface area (Å²) in [7, 11) is 0. The van der Waals surface area contributed by atoms with Crippen molar-refractivity contribution in [1.82, 2.24) is 0 Å². The first-order chi connectivity index (χ1) is 12.7. The molecule has 0 aliphatic carbocycles. The number of amides is 1. The molecule has 0 unspecified atom stereocenters. The van der Waals surface area contributed by atoms with Gasteiger partial charge in [-0.1, -0.05) is 49.4 Å². The highest BCUT2D eigenvalue weighted by Gasteiger charge is 2.27. The lowest BCUT2D eigenvalue weighted by Crippen LogP contribution is -2.38. The largest absolute Gasteiger partial charge is 0.482 e. The Hall–Kier alpha value is -3.14. The van der Waals surface area contributed by atoms with Crippen LogP contribution < -0.4 is 9.64 Å². The summed E-state index contributed by atoms with van der Waals surface area (Å²) in [6, 6.07) is 19.5. The number of ketones is 1. The van der Waals surface area contributed by atoms with Crippen molar-refractivity contribution < 1.29 is 14.3 Å². The quantitative estimate of drug-likeness (QED) is 0.660. The zero-order valence-corrected chi connectivity index (χ0v) is 14.6. The Morgan fingerprint density at radius 3 is 2.73 bits per heavy atom. The molecule has 0 atom stereocenters. The maximum Gasteiger partial charge on any atom is 0.265 e. The lowest BCUT2D eigenvalue weighted by molar-refractivity contribution is -0.121. The van der Waals surface area contributed by atoms with E-state index in [0.29, 0.717) is 30.0 Å². The third-order valence-corrected chi connectivity index (χ3v) is 4.75. The Balaban J connectivity index is 1.77. The first kappa shape index (κ1) is 16.3. The number of nitrogens with zero attached hydrogens (tertiary/aromatic N) is 1. The van der Waals surface area contributed by atoms with Crippen LogP contribution in [0.15, 0.2) is 60.7 Å². The second kappa shape index (κ2) is 6.64. The third kappa shape index (κ3) is 2.84. The average molecular weight is 345 g/mol. The molecule has 0 radical (unpaired) electrons. The van der Waals surface area contributed by atoms with Crippen molar-refractivity contribution >= 4 is 28.2 Å².